The van der Waals surface area contributed by atoms with Crippen molar-refractivity contribution in [3.8, 4) is 0 Å². The molecule has 2 aromatic rings. The topological polar surface area (TPSA) is 17.1 Å². The Hall–Kier alpha value is -2.52. The normalized spacial score (nSPS) is 14.4. The third-order valence-electron chi connectivity index (χ3n) is 4.80. The molecule has 170 valence electrons. The monoisotopic (exact) mass is 456 g/mol. The van der Waals surface area contributed by atoms with Crippen LogP contribution >= 0.6 is 0 Å². The van der Waals surface area contributed by atoms with Gasteiger partial charge < -0.3 is 0 Å². The molecule has 0 aliphatic carbocycles. The second kappa shape index (κ2) is 8.20. The second-order valence-electron chi connectivity index (χ2n) is 7.25. The molecule has 31 heavy (non-hydrogen) atoms. The first-order valence-corrected chi connectivity index (χ1v) is 8.89. The molecule has 10 heteroatoms. The van der Waals surface area contributed by atoms with E-state index in [1.54, 1.807) is 13.8 Å². The lowest BCUT2D eigenvalue weighted by Gasteiger charge is -2.35. The quantitative estimate of drug-likeness (QED) is 0.320. The van der Waals surface area contributed by atoms with E-state index in [-0.39, 0.29) is 11.1 Å². The maximum absolute atomic E-state index is 14.3. The highest BCUT2D eigenvalue weighted by molar-refractivity contribution is 6.01. The molecule has 0 fully saturated rings. The van der Waals surface area contributed by atoms with Crippen LogP contribution in [0.25, 0.3) is 0 Å². The lowest BCUT2D eigenvalue weighted by molar-refractivity contribution is -0.396. The number of alkyl halides is 9. The van der Waals surface area contributed by atoms with Crippen LogP contribution in [0.4, 0.5) is 39.5 Å². The van der Waals surface area contributed by atoms with Gasteiger partial charge in [-0.15, -0.1) is 0 Å². The summed E-state index contributed by atoms with van der Waals surface area (Å²) in [5.41, 5.74) is 0.899. The number of carbonyl (C=O) groups excluding carboxylic acids is 1. The molecular formula is C21H17F9O. The highest BCUT2D eigenvalue weighted by Gasteiger charge is 2.81. The van der Waals surface area contributed by atoms with Gasteiger partial charge in [-0.2, -0.15) is 39.5 Å². The van der Waals surface area contributed by atoms with Gasteiger partial charge in [-0.05, 0) is 19.4 Å². The maximum atomic E-state index is 14.3. The largest absolute Gasteiger partial charge is 0.460 e. The summed E-state index contributed by atoms with van der Waals surface area (Å²) in [4.78, 5) is 12.8. The average molecular weight is 456 g/mol. The minimum Gasteiger partial charge on any atom is -0.293 e. The molecule has 0 aromatic heterocycles. The third-order valence-corrected chi connectivity index (χ3v) is 4.80. The number of carbonyl (C=O) groups is 1. The number of aryl methyl sites for hydroxylation is 2. The number of benzene rings is 2. The van der Waals surface area contributed by atoms with Crippen molar-refractivity contribution in [1.82, 2.24) is 0 Å². The van der Waals surface area contributed by atoms with Gasteiger partial charge in [0.05, 0.1) is 5.92 Å². The van der Waals surface area contributed by atoms with E-state index in [1.165, 1.54) is 36.4 Å². The molecule has 0 saturated carbocycles. The summed E-state index contributed by atoms with van der Waals surface area (Å²) in [5.74, 6) is -22.9. The van der Waals surface area contributed by atoms with Crippen molar-refractivity contribution >= 4 is 5.78 Å². The van der Waals surface area contributed by atoms with Gasteiger partial charge in [0.2, 0.25) is 0 Å². The summed E-state index contributed by atoms with van der Waals surface area (Å²) in [6.45, 7) is 3.26. The molecule has 2 aromatic carbocycles. The minimum absolute atomic E-state index is 0.183. The Labute approximate surface area is 171 Å². The van der Waals surface area contributed by atoms with Gasteiger partial charge in [0.25, 0.3) is 0 Å². The molecule has 0 saturated heterocycles. The van der Waals surface area contributed by atoms with Gasteiger partial charge >= 0.3 is 23.9 Å². The zero-order valence-electron chi connectivity index (χ0n) is 16.2. The molecular weight excluding hydrogens is 439 g/mol. The summed E-state index contributed by atoms with van der Waals surface area (Å²) >= 11 is 0. The molecule has 0 aliphatic heterocycles. The van der Waals surface area contributed by atoms with Crippen molar-refractivity contribution in [3.05, 3.63) is 70.8 Å². The molecule has 0 amide bonds. The first-order chi connectivity index (χ1) is 14.0. The summed E-state index contributed by atoms with van der Waals surface area (Å²) in [6, 6.07) is 10.4. The van der Waals surface area contributed by atoms with E-state index >= 15 is 0 Å². The number of halogens is 9. The molecule has 0 radical (unpaired) electrons. The molecule has 0 aliphatic rings. The van der Waals surface area contributed by atoms with Crippen LogP contribution in [0.3, 0.4) is 0 Å². The average Bonchev–Trinajstić information content (AvgIpc) is 2.66. The van der Waals surface area contributed by atoms with Crippen LogP contribution in [0.5, 0.6) is 0 Å². The first-order valence-electron chi connectivity index (χ1n) is 8.89. The van der Waals surface area contributed by atoms with Crippen molar-refractivity contribution in [2.45, 2.75) is 50.1 Å². The highest BCUT2D eigenvalue weighted by Crippen LogP contribution is 2.55. The molecule has 1 unspecified atom stereocenters. The number of Topliss-reactive ketones (excluding diaryl/α,β-unsaturated/α-hetero) is 1. The Bertz CT molecular complexity index is 913. The van der Waals surface area contributed by atoms with Gasteiger partial charge in [-0.25, -0.2) is 0 Å². The standard InChI is InChI=1S/C21H17F9O/c1-12-3-7-14(8-4-12)16(17(31)15-9-5-13(2)6-10-15)11-18(22,23)19(24,25)20(26,27)21(28,29)30/h3-10,16H,11H2,1-2H3. The molecule has 0 N–H and O–H groups in total. The molecule has 2 rings (SSSR count). The summed E-state index contributed by atoms with van der Waals surface area (Å²) in [7, 11) is 0. The Morgan fingerprint density at radius 3 is 1.55 bits per heavy atom. The minimum atomic E-state index is -7.01. The zero-order valence-corrected chi connectivity index (χ0v) is 16.2. The number of ketones is 1. The predicted octanol–water partition coefficient (Wildman–Crippen LogP) is 7.13. The fourth-order valence-corrected chi connectivity index (χ4v) is 2.87. The predicted molar refractivity (Wildman–Crippen MR) is 94.9 cm³/mol. The number of hydrogen-bond donors (Lipinski definition) is 0. The summed E-state index contributed by atoms with van der Waals surface area (Å²) in [6.07, 6.45) is -9.16. The van der Waals surface area contributed by atoms with Crippen LogP contribution in [-0.2, 0) is 0 Å². The molecule has 1 atom stereocenters. The Morgan fingerprint density at radius 1 is 0.710 bits per heavy atom. The number of rotatable bonds is 7. The van der Waals surface area contributed by atoms with Gasteiger partial charge in [-0.3, -0.25) is 4.79 Å². The number of hydrogen-bond acceptors (Lipinski definition) is 1. The van der Waals surface area contributed by atoms with E-state index in [0.29, 0.717) is 11.1 Å². The first kappa shape index (κ1) is 24.7. The van der Waals surface area contributed by atoms with E-state index in [4.69, 9.17) is 0 Å². The van der Waals surface area contributed by atoms with E-state index in [0.717, 1.165) is 12.1 Å². The molecule has 0 heterocycles. The SMILES string of the molecule is Cc1ccc(C(=O)C(CC(F)(F)C(F)(F)C(F)(F)C(F)(F)F)c2ccc(C)cc2)cc1. The lowest BCUT2D eigenvalue weighted by Crippen LogP contribution is -2.61. The van der Waals surface area contributed by atoms with Gasteiger partial charge in [0.15, 0.2) is 5.78 Å². The van der Waals surface area contributed by atoms with Crippen LogP contribution in [0.15, 0.2) is 48.5 Å². The smallest absolute Gasteiger partial charge is 0.293 e. The van der Waals surface area contributed by atoms with Crippen LogP contribution in [0, 0.1) is 13.8 Å². The Morgan fingerprint density at radius 2 is 1.13 bits per heavy atom. The molecule has 1 nitrogen and oxygen atoms in total. The van der Waals surface area contributed by atoms with Gasteiger partial charge in [0.1, 0.15) is 0 Å². The van der Waals surface area contributed by atoms with Crippen molar-refractivity contribution in [2.24, 2.45) is 0 Å². The zero-order chi connectivity index (χ0) is 23.8. The fourth-order valence-electron chi connectivity index (χ4n) is 2.87. The molecule has 0 bridgehead atoms. The Balaban J connectivity index is 2.52. The van der Waals surface area contributed by atoms with Crippen molar-refractivity contribution < 1.29 is 44.3 Å². The Kier molecular flexibility index (Phi) is 6.54. The summed E-state index contributed by atoms with van der Waals surface area (Å²) in [5, 5.41) is 0. The van der Waals surface area contributed by atoms with Crippen molar-refractivity contribution in [2.75, 3.05) is 0 Å². The summed E-state index contributed by atoms with van der Waals surface area (Å²) < 4.78 is 120. The molecule has 0 spiro atoms. The van der Waals surface area contributed by atoms with Crippen LogP contribution < -0.4 is 0 Å². The van der Waals surface area contributed by atoms with Crippen molar-refractivity contribution in [3.63, 3.8) is 0 Å². The highest BCUT2D eigenvalue weighted by atomic mass is 19.4. The van der Waals surface area contributed by atoms with Crippen LogP contribution in [0.1, 0.15) is 39.4 Å². The fraction of sp³-hybridized carbons (Fsp3) is 0.381. The van der Waals surface area contributed by atoms with Crippen LogP contribution in [0.2, 0.25) is 0 Å². The van der Waals surface area contributed by atoms with E-state index in [2.05, 4.69) is 0 Å². The van der Waals surface area contributed by atoms with Gasteiger partial charge in [0, 0.05) is 12.0 Å². The van der Waals surface area contributed by atoms with Gasteiger partial charge in [-0.1, -0.05) is 59.7 Å². The lowest BCUT2D eigenvalue weighted by atomic mass is 9.83. The maximum Gasteiger partial charge on any atom is 0.460 e. The van der Waals surface area contributed by atoms with E-state index < -0.39 is 42.1 Å². The van der Waals surface area contributed by atoms with Crippen molar-refractivity contribution in [1.29, 1.82) is 0 Å². The van der Waals surface area contributed by atoms with E-state index in [1.807, 2.05) is 0 Å². The van der Waals surface area contributed by atoms with E-state index in [9.17, 15) is 44.3 Å². The van der Waals surface area contributed by atoms with Crippen LogP contribution in [-0.4, -0.2) is 29.7 Å². The second-order valence-corrected chi connectivity index (χ2v) is 7.25. The third kappa shape index (κ3) is 4.72.